The van der Waals surface area contributed by atoms with Crippen LogP contribution in [0.25, 0.3) is 6.08 Å². The molecular weight excluding hydrogens is 559 g/mol. The zero-order chi connectivity index (χ0) is 28.8. The second-order valence-electron chi connectivity index (χ2n) is 9.19. The van der Waals surface area contributed by atoms with Crippen LogP contribution in [-0.4, -0.2) is 62.6 Å². The van der Waals surface area contributed by atoms with Gasteiger partial charge >= 0.3 is 5.97 Å². The lowest BCUT2D eigenvalue weighted by Gasteiger charge is -2.21. The van der Waals surface area contributed by atoms with Gasteiger partial charge in [-0.25, -0.2) is 4.39 Å². The number of methoxy groups -OCH3 is 1. The molecule has 12 heteroatoms. The van der Waals surface area contributed by atoms with Gasteiger partial charge in [-0.1, -0.05) is 48.6 Å². The van der Waals surface area contributed by atoms with Gasteiger partial charge in [-0.3, -0.25) is 29.0 Å². The number of halogens is 1. The van der Waals surface area contributed by atoms with Gasteiger partial charge in [0, 0.05) is 13.0 Å². The van der Waals surface area contributed by atoms with E-state index in [1.54, 1.807) is 36.4 Å². The first-order valence-corrected chi connectivity index (χ1v) is 13.8. The van der Waals surface area contributed by atoms with Crippen molar-refractivity contribution in [1.29, 1.82) is 0 Å². The van der Waals surface area contributed by atoms with E-state index in [0.717, 1.165) is 22.2 Å². The third kappa shape index (κ3) is 6.86. The van der Waals surface area contributed by atoms with Crippen LogP contribution in [0.15, 0.2) is 47.4 Å². The number of aliphatic carboxylic acids is 1. The maximum Gasteiger partial charge on any atom is 0.303 e. The Morgan fingerprint density at radius 2 is 1.88 bits per heavy atom. The number of carbonyl (C=O) groups is 4. The number of amides is 3. The Morgan fingerprint density at radius 1 is 1.12 bits per heavy atom. The maximum atomic E-state index is 13.3. The van der Waals surface area contributed by atoms with Crippen LogP contribution in [0.1, 0.15) is 43.2 Å². The lowest BCUT2D eigenvalue weighted by atomic mass is 10.1. The molecule has 0 aromatic heterocycles. The van der Waals surface area contributed by atoms with E-state index in [1.165, 1.54) is 24.1 Å². The van der Waals surface area contributed by atoms with E-state index in [-0.39, 0.29) is 42.0 Å². The lowest BCUT2D eigenvalue weighted by Crippen LogP contribution is -2.44. The highest BCUT2D eigenvalue weighted by Crippen LogP contribution is 2.38. The van der Waals surface area contributed by atoms with Crippen molar-refractivity contribution < 1.29 is 38.1 Å². The third-order valence-electron chi connectivity index (χ3n) is 6.42. The largest absolute Gasteiger partial charge is 0.493 e. The highest BCUT2D eigenvalue weighted by Gasteiger charge is 2.48. The third-order valence-corrected chi connectivity index (χ3v) is 7.75. The minimum atomic E-state index is -0.998. The fourth-order valence-electron chi connectivity index (χ4n) is 4.36. The number of ether oxygens (including phenoxy) is 2. The molecule has 1 unspecified atom stereocenters. The van der Waals surface area contributed by atoms with E-state index in [4.69, 9.17) is 26.8 Å². The Labute approximate surface area is 239 Å². The molecule has 1 atom stereocenters. The number of rotatable bonds is 12. The molecule has 2 saturated heterocycles. The predicted octanol–water partition coefficient (Wildman–Crippen LogP) is 4.39. The first-order valence-electron chi connectivity index (χ1n) is 12.6. The Hall–Kier alpha value is -3.77. The van der Waals surface area contributed by atoms with E-state index in [1.807, 2.05) is 0 Å². The monoisotopic (exact) mass is 586 g/mol. The molecule has 9 nitrogen and oxygen atoms in total. The first-order chi connectivity index (χ1) is 19.2. The minimum absolute atomic E-state index is 0.0328. The van der Waals surface area contributed by atoms with Crippen LogP contribution in [0.3, 0.4) is 0 Å². The molecular formula is C28H27FN2O7S2. The number of carbonyl (C=O) groups excluding carboxylic acids is 3. The van der Waals surface area contributed by atoms with Crippen molar-refractivity contribution in [2.24, 2.45) is 0 Å². The Morgan fingerprint density at radius 3 is 2.58 bits per heavy atom. The number of imide groups is 1. The van der Waals surface area contributed by atoms with Gasteiger partial charge in [-0.05, 0) is 54.3 Å². The van der Waals surface area contributed by atoms with Crippen LogP contribution in [0.4, 0.5) is 4.39 Å². The highest BCUT2D eigenvalue weighted by molar-refractivity contribution is 8.26. The van der Waals surface area contributed by atoms with Gasteiger partial charge in [0.15, 0.2) is 11.5 Å². The summed E-state index contributed by atoms with van der Waals surface area (Å²) in [5, 5.41) is 8.74. The van der Waals surface area contributed by atoms with Gasteiger partial charge in [-0.2, -0.15) is 0 Å². The number of hydrogen-bond acceptors (Lipinski definition) is 8. The number of unbranched alkanes of at least 4 members (excludes halogenated alkanes) is 2. The van der Waals surface area contributed by atoms with Crippen molar-refractivity contribution in [2.75, 3.05) is 13.7 Å². The number of carboxylic acids is 1. The molecule has 0 aliphatic carbocycles. The first kappa shape index (κ1) is 29.2. The number of hydrogen-bond donors (Lipinski definition) is 1. The van der Waals surface area contributed by atoms with Crippen molar-refractivity contribution in [1.82, 2.24) is 9.80 Å². The molecule has 0 spiro atoms. The molecule has 4 rings (SSSR count). The van der Waals surface area contributed by atoms with Crippen molar-refractivity contribution in [3.8, 4) is 11.5 Å². The van der Waals surface area contributed by atoms with E-state index in [2.05, 4.69) is 0 Å². The Balaban J connectivity index is 1.41. The molecule has 2 aromatic rings. The molecule has 2 fully saturated rings. The lowest BCUT2D eigenvalue weighted by molar-refractivity contribution is -0.141. The summed E-state index contributed by atoms with van der Waals surface area (Å²) in [4.78, 5) is 52.1. The van der Waals surface area contributed by atoms with Gasteiger partial charge in [0.1, 0.15) is 22.8 Å². The van der Waals surface area contributed by atoms with Gasteiger partial charge in [0.05, 0.1) is 18.4 Å². The Kier molecular flexibility index (Phi) is 9.54. The van der Waals surface area contributed by atoms with Crippen molar-refractivity contribution in [2.45, 2.75) is 44.8 Å². The van der Waals surface area contributed by atoms with Gasteiger partial charge < -0.3 is 14.6 Å². The fourth-order valence-corrected chi connectivity index (χ4v) is 5.72. The zero-order valence-electron chi connectivity index (χ0n) is 21.6. The Bertz CT molecular complexity index is 1360. The van der Waals surface area contributed by atoms with Crippen LogP contribution >= 0.6 is 24.0 Å². The molecule has 2 heterocycles. The molecule has 40 heavy (non-hydrogen) atoms. The minimum Gasteiger partial charge on any atom is -0.493 e. The molecule has 0 saturated carbocycles. The number of likely N-dealkylation sites (tertiary alicyclic amines) is 1. The molecule has 3 amide bonds. The second kappa shape index (κ2) is 13.1. The smallest absolute Gasteiger partial charge is 0.303 e. The van der Waals surface area contributed by atoms with Crippen molar-refractivity contribution >= 4 is 58.1 Å². The van der Waals surface area contributed by atoms with E-state index in [9.17, 15) is 23.6 Å². The summed E-state index contributed by atoms with van der Waals surface area (Å²) >= 11 is 6.45. The summed E-state index contributed by atoms with van der Waals surface area (Å²) in [5.41, 5.74) is 1.43. The summed E-state index contributed by atoms with van der Waals surface area (Å²) in [6, 6.07) is 10.1. The summed E-state index contributed by atoms with van der Waals surface area (Å²) in [6.07, 6.45) is 3.03. The summed E-state index contributed by atoms with van der Waals surface area (Å²) < 4.78 is 24.6. The molecule has 210 valence electrons. The molecule has 1 N–H and O–H groups in total. The maximum absolute atomic E-state index is 13.3. The number of benzene rings is 2. The summed E-state index contributed by atoms with van der Waals surface area (Å²) in [7, 11) is 1.49. The van der Waals surface area contributed by atoms with Crippen LogP contribution in [0, 0.1) is 5.82 Å². The average molecular weight is 587 g/mol. The van der Waals surface area contributed by atoms with Crippen LogP contribution in [0.5, 0.6) is 11.5 Å². The fraction of sp³-hybridized carbons (Fsp3) is 0.321. The van der Waals surface area contributed by atoms with Crippen LogP contribution in [-0.2, 0) is 25.8 Å². The molecule has 2 aliphatic heterocycles. The second-order valence-corrected chi connectivity index (χ2v) is 10.9. The van der Waals surface area contributed by atoms with Crippen LogP contribution in [0.2, 0.25) is 0 Å². The molecule has 0 bridgehead atoms. The van der Waals surface area contributed by atoms with E-state index in [0.29, 0.717) is 41.2 Å². The standard InChI is InChI=1S/C28H27FN2O7S2/c1-37-22-13-18(8-11-21(22)38-16-17-6-9-19(29)10-7-17)14-23-27(36)31(28(39)40-23)20-15-24(32)30(26(20)35)12-4-2-3-5-25(33)34/h6-11,13-14,20H,2-5,12,15-16H2,1H3,(H,33,34)/b23-14-. The average Bonchev–Trinajstić information content (AvgIpc) is 3.36. The SMILES string of the molecule is COc1cc(/C=C2\SC(=S)N(C3CC(=O)N(CCCCCC(=O)O)C3=O)C2=O)ccc1OCc1ccc(F)cc1. The van der Waals surface area contributed by atoms with E-state index >= 15 is 0 Å². The molecule has 2 aliphatic rings. The molecule has 2 aromatic carbocycles. The normalized spacial score (nSPS) is 18.2. The van der Waals surface area contributed by atoms with E-state index < -0.39 is 23.8 Å². The van der Waals surface area contributed by atoms with Gasteiger partial charge in [0.25, 0.3) is 11.8 Å². The topological polar surface area (TPSA) is 113 Å². The number of thioether (sulfide) groups is 1. The summed E-state index contributed by atoms with van der Waals surface area (Å²) in [6.45, 7) is 0.385. The van der Waals surface area contributed by atoms with Crippen molar-refractivity contribution in [3.05, 3.63) is 64.3 Å². The van der Waals surface area contributed by atoms with Crippen LogP contribution < -0.4 is 9.47 Å². The zero-order valence-corrected chi connectivity index (χ0v) is 23.3. The van der Waals surface area contributed by atoms with Crippen molar-refractivity contribution in [3.63, 3.8) is 0 Å². The quantitative estimate of drug-likeness (QED) is 0.167. The predicted molar refractivity (Wildman–Crippen MR) is 150 cm³/mol. The number of carboxylic acid groups (broad SMARTS) is 1. The highest BCUT2D eigenvalue weighted by atomic mass is 32.2. The number of nitrogens with zero attached hydrogens (tertiary/aromatic N) is 2. The summed E-state index contributed by atoms with van der Waals surface area (Å²) in [5.74, 6) is -1.64. The number of thiocarbonyl (C=S) groups is 1. The van der Waals surface area contributed by atoms with Gasteiger partial charge in [-0.15, -0.1) is 0 Å². The van der Waals surface area contributed by atoms with Gasteiger partial charge in [0.2, 0.25) is 5.91 Å². The molecule has 0 radical (unpaired) electrons.